The highest BCUT2D eigenvalue weighted by atomic mass is 16.4. The Morgan fingerprint density at radius 3 is 2.88 bits per heavy atom. The molecule has 1 aliphatic carbocycles. The van der Waals surface area contributed by atoms with E-state index in [4.69, 9.17) is 4.42 Å². The first-order chi connectivity index (χ1) is 8.22. The summed E-state index contributed by atoms with van der Waals surface area (Å²) in [5.74, 6) is -0.0372. The fourth-order valence-corrected chi connectivity index (χ4v) is 1.82. The van der Waals surface area contributed by atoms with E-state index in [1.165, 1.54) is 0 Å². The van der Waals surface area contributed by atoms with Gasteiger partial charge in [0.25, 0.3) is 0 Å². The summed E-state index contributed by atoms with van der Waals surface area (Å²) in [6, 6.07) is 1.10. The summed E-state index contributed by atoms with van der Waals surface area (Å²) in [7, 11) is 0. The molecule has 0 saturated heterocycles. The van der Waals surface area contributed by atoms with E-state index in [1.807, 2.05) is 18.2 Å². The van der Waals surface area contributed by atoms with Crippen LogP contribution in [-0.2, 0) is 0 Å². The molecule has 1 heterocycles. The molecule has 88 valence electrons. The molecule has 3 heteroatoms. The third-order valence-electron chi connectivity index (χ3n) is 2.57. The maximum atomic E-state index is 11.3. The van der Waals surface area contributed by atoms with Gasteiger partial charge in [0.2, 0.25) is 0 Å². The Labute approximate surface area is 98.7 Å². The molecule has 0 aromatic carbocycles. The second-order valence-corrected chi connectivity index (χ2v) is 3.88. The molecule has 2 rings (SSSR count). The van der Waals surface area contributed by atoms with Crippen LogP contribution in [0.25, 0.3) is 11.6 Å². The van der Waals surface area contributed by atoms with E-state index >= 15 is 0 Å². The lowest BCUT2D eigenvalue weighted by atomic mass is 10.1. The van der Waals surface area contributed by atoms with Gasteiger partial charge in [0, 0.05) is 0 Å². The van der Waals surface area contributed by atoms with Crippen molar-refractivity contribution in [2.75, 3.05) is 0 Å². The quantitative estimate of drug-likeness (QED) is 0.830. The van der Waals surface area contributed by atoms with Gasteiger partial charge in [0.15, 0.2) is 0 Å². The van der Waals surface area contributed by atoms with Crippen LogP contribution < -0.4 is 16.3 Å². The van der Waals surface area contributed by atoms with Crippen LogP contribution in [0.3, 0.4) is 0 Å². The van der Waals surface area contributed by atoms with Crippen molar-refractivity contribution in [1.82, 2.24) is 0 Å². The van der Waals surface area contributed by atoms with Crippen LogP contribution in [0.4, 0.5) is 0 Å². The molecule has 0 spiro atoms. The van der Waals surface area contributed by atoms with E-state index in [-0.39, 0.29) is 5.75 Å². The summed E-state index contributed by atoms with van der Waals surface area (Å²) in [6.07, 6.45) is 11.0. The zero-order chi connectivity index (χ0) is 12.3. The molecule has 0 fully saturated rings. The molecule has 1 aliphatic rings. The summed E-state index contributed by atoms with van der Waals surface area (Å²) >= 11 is 0. The van der Waals surface area contributed by atoms with Gasteiger partial charge in [-0.3, -0.25) is 0 Å². The van der Waals surface area contributed by atoms with Gasteiger partial charge in [-0.05, 0) is 18.1 Å². The Morgan fingerprint density at radius 2 is 2.12 bits per heavy atom. The van der Waals surface area contributed by atoms with Gasteiger partial charge in [0.05, 0.1) is 11.3 Å². The number of allylic oxidation sites excluding steroid dienone is 4. The third kappa shape index (κ3) is 2.38. The molecule has 0 saturated carbocycles. The minimum atomic E-state index is -0.527. The van der Waals surface area contributed by atoms with E-state index in [9.17, 15) is 9.90 Å². The van der Waals surface area contributed by atoms with Gasteiger partial charge in [0.1, 0.15) is 11.2 Å². The molecule has 0 bridgehead atoms. The Bertz CT molecular complexity index is 645. The fourth-order valence-electron chi connectivity index (χ4n) is 1.82. The highest BCUT2D eigenvalue weighted by molar-refractivity contribution is 5.59. The lowest BCUT2D eigenvalue weighted by Gasteiger charge is -2.02. The topological polar surface area (TPSA) is 50.4 Å². The molecule has 0 radical (unpaired) electrons. The first kappa shape index (κ1) is 11.5. The van der Waals surface area contributed by atoms with Crippen molar-refractivity contribution < 1.29 is 9.52 Å². The first-order valence-corrected chi connectivity index (χ1v) is 5.63. The maximum absolute atomic E-state index is 11.3. The van der Waals surface area contributed by atoms with E-state index in [1.54, 1.807) is 12.2 Å². The summed E-state index contributed by atoms with van der Waals surface area (Å²) in [5.41, 5.74) is 0.870. The summed E-state index contributed by atoms with van der Waals surface area (Å²) in [5, 5.41) is 10.3. The average Bonchev–Trinajstić information content (AvgIpc) is 2.26. The second kappa shape index (κ2) is 4.87. The van der Waals surface area contributed by atoms with E-state index in [2.05, 4.69) is 6.92 Å². The fraction of sp³-hybridized carbons (Fsp3) is 0.214. The molecular weight excluding hydrogens is 216 g/mol. The van der Waals surface area contributed by atoms with Gasteiger partial charge in [-0.15, -0.1) is 0 Å². The van der Waals surface area contributed by atoms with Gasteiger partial charge in [-0.2, -0.15) is 0 Å². The zero-order valence-corrected chi connectivity index (χ0v) is 9.64. The van der Waals surface area contributed by atoms with Crippen molar-refractivity contribution >= 4 is 11.6 Å². The molecule has 1 aromatic rings. The van der Waals surface area contributed by atoms with Crippen molar-refractivity contribution in [3.8, 4) is 5.75 Å². The highest BCUT2D eigenvalue weighted by Crippen LogP contribution is 2.07. The number of hydrogen-bond donors (Lipinski definition) is 1. The molecule has 3 nitrogen and oxygen atoms in total. The Kier molecular flexibility index (Phi) is 3.28. The lowest BCUT2D eigenvalue weighted by Crippen LogP contribution is -2.31. The van der Waals surface area contributed by atoms with E-state index in [0.717, 1.165) is 24.5 Å². The third-order valence-corrected chi connectivity index (χ3v) is 2.57. The predicted octanol–water partition coefficient (Wildman–Crippen LogP) is 1.20. The highest BCUT2D eigenvalue weighted by Gasteiger charge is 2.04. The average molecular weight is 230 g/mol. The standard InChI is InChI=1S/C14H14O3/c1-2-6-10-7-4-3-5-8-11-12(15)9-13(16)17-14(10)11/h3-5,7-9,15H,2,6H2,1H3/b4-3?,5-3-,7-4?,8-5?,10-7?,11-8-,14-10?. The van der Waals surface area contributed by atoms with Crippen LogP contribution in [0.2, 0.25) is 0 Å². The molecule has 0 unspecified atom stereocenters. The van der Waals surface area contributed by atoms with Crippen molar-refractivity contribution in [1.29, 1.82) is 0 Å². The van der Waals surface area contributed by atoms with Gasteiger partial charge in [-0.1, -0.05) is 37.6 Å². The van der Waals surface area contributed by atoms with Crippen LogP contribution in [-0.4, -0.2) is 5.11 Å². The smallest absolute Gasteiger partial charge is 0.339 e. The second-order valence-electron chi connectivity index (χ2n) is 3.88. The van der Waals surface area contributed by atoms with Crippen LogP contribution >= 0.6 is 0 Å². The Hall–Kier alpha value is -2.03. The van der Waals surface area contributed by atoms with Crippen molar-refractivity contribution in [2.45, 2.75) is 19.8 Å². The molecular formula is C14H14O3. The van der Waals surface area contributed by atoms with Gasteiger partial charge < -0.3 is 9.52 Å². The predicted molar refractivity (Wildman–Crippen MR) is 67.0 cm³/mol. The molecule has 0 amide bonds. The van der Waals surface area contributed by atoms with Crippen molar-refractivity contribution in [3.63, 3.8) is 0 Å². The van der Waals surface area contributed by atoms with Crippen LogP contribution in [0, 0.1) is 0 Å². The molecule has 0 aliphatic heterocycles. The van der Waals surface area contributed by atoms with E-state index in [0.29, 0.717) is 10.6 Å². The molecule has 0 atom stereocenters. The number of aromatic hydroxyl groups is 1. The molecule has 1 N–H and O–H groups in total. The van der Waals surface area contributed by atoms with E-state index < -0.39 is 5.63 Å². The SMILES string of the molecule is CCCC1=c2oc(=O)cc(O)/c2=C/C=C\C=C1. The van der Waals surface area contributed by atoms with Crippen LogP contribution in [0.1, 0.15) is 19.8 Å². The van der Waals surface area contributed by atoms with Crippen molar-refractivity contribution in [2.24, 2.45) is 0 Å². The first-order valence-electron chi connectivity index (χ1n) is 5.63. The summed E-state index contributed by atoms with van der Waals surface area (Å²) < 4.78 is 5.21. The number of hydrogen-bond acceptors (Lipinski definition) is 3. The maximum Gasteiger partial charge on any atom is 0.339 e. The number of rotatable bonds is 2. The molecule has 17 heavy (non-hydrogen) atoms. The number of fused-ring (bicyclic) bond motifs is 1. The normalized spacial score (nSPS) is 17.7. The lowest BCUT2D eigenvalue weighted by molar-refractivity contribution is 0.423. The zero-order valence-electron chi connectivity index (χ0n) is 9.64. The minimum Gasteiger partial charge on any atom is -0.507 e. The Morgan fingerprint density at radius 1 is 1.29 bits per heavy atom. The van der Waals surface area contributed by atoms with Gasteiger partial charge >= 0.3 is 5.63 Å². The monoisotopic (exact) mass is 230 g/mol. The molecule has 1 aromatic heterocycles. The van der Waals surface area contributed by atoms with Crippen LogP contribution in [0.15, 0.2) is 39.6 Å². The van der Waals surface area contributed by atoms with Gasteiger partial charge in [-0.25, -0.2) is 4.79 Å². The summed E-state index contributed by atoms with van der Waals surface area (Å²) in [6.45, 7) is 2.06. The minimum absolute atomic E-state index is 0.0372. The van der Waals surface area contributed by atoms with Crippen LogP contribution in [0.5, 0.6) is 5.75 Å². The van der Waals surface area contributed by atoms with Crippen molar-refractivity contribution in [3.05, 3.63) is 51.4 Å². The largest absolute Gasteiger partial charge is 0.507 e. The Balaban J connectivity index is 2.91. The summed E-state index contributed by atoms with van der Waals surface area (Å²) in [4.78, 5) is 11.3.